The molecule has 1 atom stereocenters. The number of nitrogens with zero attached hydrogens (tertiary/aromatic N) is 2. The van der Waals surface area contributed by atoms with Gasteiger partial charge in [-0.25, -0.2) is 0 Å². The number of nitrogens with one attached hydrogen (secondary N) is 1. The molecule has 0 saturated heterocycles. The maximum atomic E-state index is 12.2. The molecule has 1 aromatic heterocycles. The Kier molecular flexibility index (Phi) is 4.39. The van der Waals surface area contributed by atoms with E-state index in [4.69, 9.17) is 16.1 Å². The Labute approximate surface area is 138 Å². The van der Waals surface area contributed by atoms with E-state index >= 15 is 0 Å². The molecule has 116 valence electrons. The standard InChI is InChI=1S/C17H14ClN3O2/c1-11(19-16(22)13-7-9-14(18)10-8-13)17-20-15(21-23-17)12-5-3-2-4-6-12/h2-11H,1H3,(H,19,22)/t11-/m1/s1. The maximum Gasteiger partial charge on any atom is 0.251 e. The number of hydrogen-bond acceptors (Lipinski definition) is 4. The fraction of sp³-hybridized carbons (Fsp3) is 0.118. The molecule has 0 fully saturated rings. The van der Waals surface area contributed by atoms with E-state index in [1.807, 2.05) is 30.3 Å². The zero-order valence-electron chi connectivity index (χ0n) is 12.4. The summed E-state index contributed by atoms with van der Waals surface area (Å²) in [4.78, 5) is 16.5. The molecule has 0 aliphatic carbocycles. The first-order chi connectivity index (χ1) is 11.1. The Balaban J connectivity index is 1.71. The second kappa shape index (κ2) is 6.62. The average Bonchev–Trinajstić information content (AvgIpc) is 3.06. The van der Waals surface area contributed by atoms with Gasteiger partial charge in [0.1, 0.15) is 6.04 Å². The first-order valence-electron chi connectivity index (χ1n) is 7.09. The molecule has 1 heterocycles. The zero-order valence-corrected chi connectivity index (χ0v) is 13.1. The highest BCUT2D eigenvalue weighted by atomic mass is 35.5. The van der Waals surface area contributed by atoms with Gasteiger partial charge in [-0.15, -0.1) is 0 Å². The van der Waals surface area contributed by atoms with Crippen molar-refractivity contribution >= 4 is 17.5 Å². The van der Waals surface area contributed by atoms with Crippen LogP contribution in [0.3, 0.4) is 0 Å². The van der Waals surface area contributed by atoms with Crippen LogP contribution in [-0.4, -0.2) is 16.0 Å². The largest absolute Gasteiger partial charge is 0.341 e. The average molecular weight is 328 g/mol. The minimum absolute atomic E-state index is 0.228. The van der Waals surface area contributed by atoms with Crippen LogP contribution in [0.25, 0.3) is 11.4 Å². The van der Waals surface area contributed by atoms with Crippen molar-refractivity contribution in [2.45, 2.75) is 13.0 Å². The molecule has 0 saturated carbocycles. The van der Waals surface area contributed by atoms with Crippen molar-refractivity contribution in [3.8, 4) is 11.4 Å². The Bertz CT molecular complexity index is 800. The van der Waals surface area contributed by atoms with E-state index in [1.165, 1.54) is 0 Å². The lowest BCUT2D eigenvalue weighted by atomic mass is 10.2. The SMILES string of the molecule is C[C@@H](NC(=O)c1ccc(Cl)cc1)c1nc(-c2ccccc2)no1. The highest BCUT2D eigenvalue weighted by molar-refractivity contribution is 6.30. The normalized spacial score (nSPS) is 11.9. The summed E-state index contributed by atoms with van der Waals surface area (Å²) in [5, 5.41) is 7.35. The van der Waals surface area contributed by atoms with Crippen molar-refractivity contribution in [3.63, 3.8) is 0 Å². The van der Waals surface area contributed by atoms with Gasteiger partial charge in [-0.3, -0.25) is 4.79 Å². The van der Waals surface area contributed by atoms with Crippen LogP contribution in [0, 0.1) is 0 Å². The van der Waals surface area contributed by atoms with Crippen molar-refractivity contribution in [2.24, 2.45) is 0 Å². The van der Waals surface area contributed by atoms with Gasteiger partial charge in [0.05, 0.1) is 0 Å². The summed E-state index contributed by atoms with van der Waals surface area (Å²) < 4.78 is 5.24. The first kappa shape index (κ1) is 15.2. The molecule has 0 aliphatic rings. The summed E-state index contributed by atoms with van der Waals surface area (Å²) in [6.45, 7) is 1.79. The van der Waals surface area contributed by atoms with Gasteiger partial charge >= 0.3 is 0 Å². The third-order valence-electron chi connectivity index (χ3n) is 3.30. The number of hydrogen-bond donors (Lipinski definition) is 1. The minimum atomic E-state index is -0.400. The van der Waals surface area contributed by atoms with Gasteiger partial charge in [0.2, 0.25) is 11.7 Å². The molecule has 0 spiro atoms. The second-order valence-electron chi connectivity index (χ2n) is 5.02. The third kappa shape index (κ3) is 3.57. The molecule has 23 heavy (non-hydrogen) atoms. The van der Waals surface area contributed by atoms with Crippen molar-refractivity contribution in [3.05, 3.63) is 71.1 Å². The molecular formula is C17H14ClN3O2. The van der Waals surface area contributed by atoms with Crippen LogP contribution in [0.1, 0.15) is 29.2 Å². The maximum absolute atomic E-state index is 12.2. The Morgan fingerprint density at radius 2 is 1.83 bits per heavy atom. The molecule has 6 heteroatoms. The lowest BCUT2D eigenvalue weighted by Crippen LogP contribution is -2.26. The van der Waals surface area contributed by atoms with Crippen molar-refractivity contribution in [1.82, 2.24) is 15.5 Å². The number of halogens is 1. The van der Waals surface area contributed by atoms with Crippen LogP contribution in [0.4, 0.5) is 0 Å². The lowest BCUT2D eigenvalue weighted by molar-refractivity contribution is 0.0932. The van der Waals surface area contributed by atoms with E-state index in [9.17, 15) is 4.79 Å². The van der Waals surface area contributed by atoms with Gasteiger partial charge in [-0.1, -0.05) is 47.1 Å². The molecule has 0 unspecified atom stereocenters. The summed E-state index contributed by atoms with van der Waals surface area (Å²) >= 11 is 5.81. The van der Waals surface area contributed by atoms with Crippen LogP contribution in [0.2, 0.25) is 5.02 Å². The highest BCUT2D eigenvalue weighted by Crippen LogP contribution is 2.18. The fourth-order valence-corrected chi connectivity index (χ4v) is 2.18. The van der Waals surface area contributed by atoms with Gasteiger partial charge in [0.15, 0.2) is 0 Å². The molecule has 3 aromatic rings. The predicted octanol–water partition coefficient (Wildman–Crippen LogP) is 3.88. The summed E-state index contributed by atoms with van der Waals surface area (Å²) in [6, 6.07) is 15.8. The lowest BCUT2D eigenvalue weighted by Gasteiger charge is -2.09. The van der Waals surface area contributed by atoms with E-state index in [2.05, 4.69) is 15.5 Å². The molecule has 0 aliphatic heterocycles. The molecule has 0 radical (unpaired) electrons. The van der Waals surface area contributed by atoms with E-state index in [1.54, 1.807) is 31.2 Å². The third-order valence-corrected chi connectivity index (χ3v) is 3.55. The van der Waals surface area contributed by atoms with Crippen LogP contribution >= 0.6 is 11.6 Å². The first-order valence-corrected chi connectivity index (χ1v) is 7.47. The minimum Gasteiger partial charge on any atom is -0.341 e. The number of benzene rings is 2. The van der Waals surface area contributed by atoms with Gasteiger partial charge in [-0.2, -0.15) is 4.98 Å². The zero-order chi connectivity index (χ0) is 16.2. The number of aromatic nitrogens is 2. The van der Waals surface area contributed by atoms with Crippen LogP contribution in [-0.2, 0) is 0 Å². The van der Waals surface area contributed by atoms with Gasteiger partial charge < -0.3 is 9.84 Å². The van der Waals surface area contributed by atoms with Crippen LogP contribution in [0.15, 0.2) is 59.1 Å². The quantitative estimate of drug-likeness (QED) is 0.789. The summed E-state index contributed by atoms with van der Waals surface area (Å²) in [5.41, 5.74) is 1.38. The molecule has 1 amide bonds. The van der Waals surface area contributed by atoms with Crippen LogP contribution in [0.5, 0.6) is 0 Å². The molecule has 5 nitrogen and oxygen atoms in total. The molecular weight excluding hydrogens is 314 g/mol. The van der Waals surface area contributed by atoms with Crippen LogP contribution < -0.4 is 5.32 Å². The molecule has 0 bridgehead atoms. The van der Waals surface area contributed by atoms with Crippen molar-refractivity contribution in [2.75, 3.05) is 0 Å². The summed E-state index contributed by atoms with van der Waals surface area (Å²) in [5.74, 6) is 0.619. The van der Waals surface area contributed by atoms with Crippen molar-refractivity contribution in [1.29, 1.82) is 0 Å². The van der Waals surface area contributed by atoms with E-state index < -0.39 is 6.04 Å². The monoisotopic (exact) mass is 327 g/mol. The van der Waals surface area contributed by atoms with E-state index in [0.717, 1.165) is 5.56 Å². The topological polar surface area (TPSA) is 68.0 Å². The molecule has 2 aromatic carbocycles. The number of rotatable bonds is 4. The Morgan fingerprint density at radius 1 is 1.13 bits per heavy atom. The summed E-state index contributed by atoms with van der Waals surface area (Å²) in [6.07, 6.45) is 0. The number of carbonyl (C=O) groups excluding carboxylic acids is 1. The van der Waals surface area contributed by atoms with Crippen molar-refractivity contribution < 1.29 is 9.32 Å². The van der Waals surface area contributed by atoms with E-state index in [0.29, 0.717) is 22.3 Å². The number of amides is 1. The summed E-state index contributed by atoms with van der Waals surface area (Å²) in [7, 11) is 0. The fourth-order valence-electron chi connectivity index (χ4n) is 2.06. The molecule has 1 N–H and O–H groups in total. The molecule has 3 rings (SSSR count). The number of carbonyl (C=O) groups is 1. The second-order valence-corrected chi connectivity index (χ2v) is 5.46. The smallest absolute Gasteiger partial charge is 0.251 e. The Hall–Kier alpha value is -2.66. The van der Waals surface area contributed by atoms with Gasteiger partial charge in [-0.05, 0) is 31.2 Å². The van der Waals surface area contributed by atoms with Gasteiger partial charge in [0.25, 0.3) is 5.91 Å². The predicted molar refractivity (Wildman–Crippen MR) is 87.1 cm³/mol. The van der Waals surface area contributed by atoms with E-state index in [-0.39, 0.29) is 5.91 Å². The Morgan fingerprint density at radius 3 is 2.52 bits per heavy atom. The van der Waals surface area contributed by atoms with Gasteiger partial charge in [0, 0.05) is 16.1 Å². The highest BCUT2D eigenvalue weighted by Gasteiger charge is 2.18.